The van der Waals surface area contributed by atoms with E-state index in [0.29, 0.717) is 0 Å². The van der Waals surface area contributed by atoms with Crippen molar-refractivity contribution in [2.75, 3.05) is 0 Å². The van der Waals surface area contributed by atoms with Crippen LogP contribution in [-0.4, -0.2) is 7.28 Å². The highest BCUT2D eigenvalue weighted by molar-refractivity contribution is 6.53. The summed E-state index contributed by atoms with van der Waals surface area (Å²) in [5, 5.41) is 0. The van der Waals surface area contributed by atoms with Gasteiger partial charge < -0.3 is 0 Å². The molecular weight excluding hydrogens is 174 g/mol. The predicted octanol–water partition coefficient (Wildman–Crippen LogP) is 2.62. The van der Waals surface area contributed by atoms with Crippen LogP contribution in [-0.2, 0) is 0 Å². The summed E-state index contributed by atoms with van der Waals surface area (Å²) in [6.07, 6.45) is 6.61. The largest absolute Gasteiger partial charge is 0.214 e. The number of halogens is 1. The van der Waals surface area contributed by atoms with Crippen LogP contribution in [0.1, 0.15) is 32.6 Å². The second-order valence-corrected chi connectivity index (χ2v) is 4.21. The van der Waals surface area contributed by atoms with Crippen LogP contribution < -0.4 is 5.46 Å². The van der Waals surface area contributed by atoms with Gasteiger partial charge in [-0.15, -0.1) is 0 Å². The lowest BCUT2D eigenvalue weighted by molar-refractivity contribution is 0.629. The molecule has 1 aromatic carbocycles. The van der Waals surface area contributed by atoms with Crippen LogP contribution >= 0.6 is 0 Å². The molecule has 14 heavy (non-hydrogen) atoms. The van der Waals surface area contributed by atoms with Crippen LogP contribution in [0.2, 0.25) is 6.32 Å². The smallest absolute Gasteiger partial charge is 0.120 e. The zero-order valence-corrected chi connectivity index (χ0v) is 9.22. The first kappa shape index (κ1) is 11.3. The Balaban J connectivity index is 2.18. The third kappa shape index (κ3) is 4.45. The van der Waals surface area contributed by atoms with Gasteiger partial charge in [0.2, 0.25) is 0 Å². The van der Waals surface area contributed by atoms with E-state index < -0.39 is 0 Å². The van der Waals surface area contributed by atoms with Crippen LogP contribution in [0.3, 0.4) is 0 Å². The lowest BCUT2D eigenvalue weighted by Crippen LogP contribution is -2.13. The van der Waals surface area contributed by atoms with Gasteiger partial charge in [-0.25, -0.2) is 9.85 Å². The molecule has 0 spiro atoms. The number of unbranched alkanes of at least 4 members (excludes halogenated alkanes) is 3. The van der Waals surface area contributed by atoms with Crippen molar-refractivity contribution in [3.8, 4) is 0 Å². The Hall–Kier alpha value is -0.785. The molecule has 0 unspecified atom stereocenters. The molecule has 0 aromatic heterocycles. The summed E-state index contributed by atoms with van der Waals surface area (Å²) in [7, 11) is -0.0792. The van der Waals surface area contributed by atoms with Gasteiger partial charge in [0.1, 0.15) is 5.82 Å². The Kier molecular flexibility index (Phi) is 5.35. The average molecular weight is 193 g/mol. The lowest BCUT2D eigenvalue weighted by atomic mass is 9.66. The molecule has 0 nitrogen and oxygen atoms in total. The SMILES string of the molecule is CCCCCC[BH2-]c1cccc(F)c1. The molecule has 0 fully saturated rings. The van der Waals surface area contributed by atoms with E-state index in [9.17, 15) is 4.39 Å². The third-order valence-electron chi connectivity index (χ3n) is 2.85. The summed E-state index contributed by atoms with van der Waals surface area (Å²) in [4.78, 5) is 0. The Labute approximate surface area is 86.8 Å². The molecule has 0 saturated heterocycles. The quantitative estimate of drug-likeness (QED) is 0.481. The molecular formula is C12H19BF-. The number of hydrogen-bond acceptors (Lipinski definition) is 0. The van der Waals surface area contributed by atoms with E-state index in [1.165, 1.54) is 43.5 Å². The van der Waals surface area contributed by atoms with E-state index in [2.05, 4.69) is 13.0 Å². The van der Waals surface area contributed by atoms with Gasteiger partial charge in [-0.1, -0.05) is 50.8 Å². The van der Waals surface area contributed by atoms with E-state index >= 15 is 0 Å². The van der Waals surface area contributed by atoms with E-state index in [0.717, 1.165) is 0 Å². The van der Waals surface area contributed by atoms with Crippen molar-refractivity contribution in [3.63, 3.8) is 0 Å². The highest BCUT2D eigenvalue weighted by atomic mass is 19.1. The maximum absolute atomic E-state index is 12.8. The molecule has 0 aliphatic rings. The minimum Gasteiger partial charge on any atom is -0.214 e. The van der Waals surface area contributed by atoms with E-state index in [1.54, 1.807) is 6.07 Å². The molecule has 1 rings (SSSR count). The van der Waals surface area contributed by atoms with E-state index in [-0.39, 0.29) is 13.1 Å². The molecule has 0 radical (unpaired) electrons. The Morgan fingerprint density at radius 1 is 1.21 bits per heavy atom. The fraction of sp³-hybridized carbons (Fsp3) is 0.500. The van der Waals surface area contributed by atoms with Crippen molar-refractivity contribution in [1.29, 1.82) is 0 Å². The molecule has 0 bridgehead atoms. The average Bonchev–Trinajstić information content (AvgIpc) is 2.18. The minimum absolute atomic E-state index is 0.0792. The molecule has 1 aromatic rings. The minimum atomic E-state index is -0.0835. The second-order valence-electron chi connectivity index (χ2n) is 4.21. The second kappa shape index (κ2) is 6.64. The molecule has 78 valence electrons. The summed E-state index contributed by atoms with van der Waals surface area (Å²) in [5.41, 5.74) is 1.25. The maximum Gasteiger partial charge on any atom is 0.120 e. The van der Waals surface area contributed by atoms with Gasteiger partial charge in [-0.2, -0.15) is 6.32 Å². The summed E-state index contributed by atoms with van der Waals surface area (Å²) in [5.74, 6) is -0.0835. The third-order valence-corrected chi connectivity index (χ3v) is 2.85. The topological polar surface area (TPSA) is 0 Å². The Bertz CT molecular complexity index is 260. The van der Waals surface area contributed by atoms with Gasteiger partial charge in [0, 0.05) is 0 Å². The molecule has 0 amide bonds. The van der Waals surface area contributed by atoms with Crippen molar-refractivity contribution in [1.82, 2.24) is 0 Å². The lowest BCUT2D eigenvalue weighted by Gasteiger charge is -2.06. The molecule has 0 atom stereocenters. The summed E-state index contributed by atoms with van der Waals surface area (Å²) in [6, 6.07) is 7.09. The highest BCUT2D eigenvalue weighted by Crippen LogP contribution is 2.02. The Morgan fingerprint density at radius 3 is 2.79 bits per heavy atom. The first-order valence-corrected chi connectivity index (χ1v) is 5.92. The normalized spacial score (nSPS) is 10.4. The fourth-order valence-electron chi connectivity index (χ4n) is 1.97. The maximum atomic E-state index is 12.8. The standard InChI is InChI=1S/C12H19BF/c1-2-3-4-5-9-13-11-7-6-8-12(14)10-11/h6-8,10H,2-5,9,13H2,1H3/q-1. The molecule has 0 saturated carbocycles. The zero-order valence-electron chi connectivity index (χ0n) is 9.22. The van der Waals surface area contributed by atoms with Crippen molar-refractivity contribution in [3.05, 3.63) is 30.1 Å². The summed E-state index contributed by atoms with van der Waals surface area (Å²) >= 11 is 0. The summed E-state index contributed by atoms with van der Waals surface area (Å²) in [6.45, 7) is 2.23. The van der Waals surface area contributed by atoms with Gasteiger partial charge in [0.25, 0.3) is 0 Å². The molecule has 2 heteroatoms. The van der Waals surface area contributed by atoms with Crippen LogP contribution in [0.4, 0.5) is 4.39 Å². The molecule has 0 N–H and O–H groups in total. The van der Waals surface area contributed by atoms with Crippen molar-refractivity contribution in [2.45, 2.75) is 38.9 Å². The van der Waals surface area contributed by atoms with Crippen molar-refractivity contribution >= 4 is 12.7 Å². The molecule has 0 heterocycles. The van der Waals surface area contributed by atoms with Crippen LogP contribution in [0.15, 0.2) is 24.3 Å². The summed E-state index contributed by atoms with van der Waals surface area (Å²) < 4.78 is 12.8. The van der Waals surface area contributed by atoms with Gasteiger partial charge in [0.05, 0.1) is 0 Å². The van der Waals surface area contributed by atoms with Gasteiger partial charge in [0.15, 0.2) is 0 Å². The predicted molar refractivity (Wildman–Crippen MR) is 63.5 cm³/mol. The van der Waals surface area contributed by atoms with Crippen LogP contribution in [0, 0.1) is 5.82 Å². The zero-order chi connectivity index (χ0) is 10.2. The Morgan fingerprint density at radius 2 is 2.07 bits per heavy atom. The number of rotatable bonds is 6. The van der Waals surface area contributed by atoms with E-state index in [1.807, 2.05) is 6.07 Å². The van der Waals surface area contributed by atoms with E-state index in [4.69, 9.17) is 0 Å². The first-order chi connectivity index (χ1) is 6.83. The van der Waals surface area contributed by atoms with Crippen LogP contribution in [0.25, 0.3) is 0 Å². The number of benzene rings is 1. The van der Waals surface area contributed by atoms with Gasteiger partial charge in [-0.3, -0.25) is 0 Å². The highest BCUT2D eigenvalue weighted by Gasteiger charge is 1.90. The monoisotopic (exact) mass is 193 g/mol. The first-order valence-electron chi connectivity index (χ1n) is 5.92. The molecule has 0 aliphatic heterocycles. The van der Waals surface area contributed by atoms with Crippen molar-refractivity contribution < 1.29 is 4.39 Å². The molecule has 0 aliphatic carbocycles. The van der Waals surface area contributed by atoms with Crippen molar-refractivity contribution in [2.24, 2.45) is 0 Å². The number of hydrogen-bond donors (Lipinski definition) is 0. The van der Waals surface area contributed by atoms with Gasteiger partial charge in [-0.05, 0) is 13.3 Å². The fourth-order valence-corrected chi connectivity index (χ4v) is 1.97. The van der Waals surface area contributed by atoms with Gasteiger partial charge >= 0.3 is 0 Å². The van der Waals surface area contributed by atoms with Crippen LogP contribution in [0.5, 0.6) is 0 Å².